The third kappa shape index (κ3) is 5.49. The van der Waals surface area contributed by atoms with Crippen molar-refractivity contribution in [3.63, 3.8) is 0 Å². The van der Waals surface area contributed by atoms with Gasteiger partial charge in [-0.3, -0.25) is 0 Å². The van der Waals surface area contributed by atoms with E-state index in [0.717, 1.165) is 17.8 Å². The Morgan fingerprint density at radius 2 is 2.00 bits per heavy atom. The Bertz CT molecular complexity index is 452. The van der Waals surface area contributed by atoms with E-state index in [9.17, 15) is 0 Å². The molecule has 0 bridgehead atoms. The van der Waals surface area contributed by atoms with E-state index in [2.05, 4.69) is 39.1 Å². The van der Waals surface area contributed by atoms with Gasteiger partial charge in [0.15, 0.2) is 0 Å². The zero-order chi connectivity index (χ0) is 15.2. The zero-order valence-electron chi connectivity index (χ0n) is 13.3. The summed E-state index contributed by atoms with van der Waals surface area (Å²) in [6.07, 6.45) is 5.11. The monoisotopic (exact) mass is 292 g/mol. The van der Waals surface area contributed by atoms with Crippen LogP contribution in [0.5, 0.6) is 0 Å². The Hall–Kier alpha value is -1.09. The lowest BCUT2D eigenvalue weighted by atomic mass is 9.86. The maximum atomic E-state index is 5.79. The van der Waals surface area contributed by atoms with Crippen LogP contribution in [0.2, 0.25) is 0 Å². The molecule has 3 heteroatoms. The molecule has 0 saturated heterocycles. The molecular formula is C17H28N2S. The van der Waals surface area contributed by atoms with Crippen LogP contribution in [0.25, 0.3) is 0 Å². The zero-order valence-corrected chi connectivity index (χ0v) is 14.1. The van der Waals surface area contributed by atoms with E-state index in [1.54, 1.807) is 0 Å². The molecule has 0 aliphatic carbocycles. The van der Waals surface area contributed by atoms with Gasteiger partial charge in [0.25, 0.3) is 0 Å². The van der Waals surface area contributed by atoms with Gasteiger partial charge >= 0.3 is 0 Å². The molecule has 0 radical (unpaired) electrons. The molecular weight excluding hydrogens is 264 g/mol. The minimum Gasteiger partial charge on any atom is -0.389 e. The highest BCUT2D eigenvalue weighted by atomic mass is 32.1. The topological polar surface area (TPSA) is 38.0 Å². The number of hydrogen-bond donors (Lipinski definition) is 2. The molecule has 0 unspecified atom stereocenters. The Balaban J connectivity index is 2.68. The molecule has 1 aromatic rings. The lowest BCUT2D eigenvalue weighted by Gasteiger charge is -2.26. The predicted octanol–water partition coefficient (Wildman–Crippen LogP) is 4.65. The van der Waals surface area contributed by atoms with Crippen molar-refractivity contribution in [3.05, 3.63) is 29.3 Å². The standard InChI is InChI=1S/C17H28N2S/c1-5-6-7-10-17(3,4)12-19-15-11-13(2)8-9-14(15)16(18)20/h8-9,11,19H,5-7,10,12H2,1-4H3,(H2,18,20). The van der Waals surface area contributed by atoms with Gasteiger partial charge in [0.2, 0.25) is 0 Å². The number of thiocarbonyl (C=S) groups is 1. The molecule has 2 nitrogen and oxygen atoms in total. The van der Waals surface area contributed by atoms with Gasteiger partial charge < -0.3 is 11.1 Å². The second-order valence-corrected chi connectivity index (χ2v) is 6.83. The summed E-state index contributed by atoms with van der Waals surface area (Å²) < 4.78 is 0. The number of rotatable bonds is 8. The van der Waals surface area contributed by atoms with Gasteiger partial charge in [0.05, 0.1) is 0 Å². The number of nitrogens with one attached hydrogen (secondary N) is 1. The molecule has 0 saturated carbocycles. The Kier molecular flexibility index (Phi) is 6.47. The van der Waals surface area contributed by atoms with Crippen LogP contribution in [0, 0.1) is 12.3 Å². The van der Waals surface area contributed by atoms with E-state index in [1.807, 2.05) is 12.1 Å². The third-order valence-corrected chi connectivity index (χ3v) is 3.87. The molecule has 0 heterocycles. The maximum Gasteiger partial charge on any atom is 0.106 e. The fourth-order valence-corrected chi connectivity index (χ4v) is 2.47. The first-order valence-electron chi connectivity index (χ1n) is 7.50. The van der Waals surface area contributed by atoms with Gasteiger partial charge in [0, 0.05) is 17.8 Å². The summed E-state index contributed by atoms with van der Waals surface area (Å²) in [6.45, 7) is 9.89. The van der Waals surface area contributed by atoms with Crippen LogP contribution in [-0.2, 0) is 0 Å². The predicted molar refractivity (Wildman–Crippen MR) is 93.5 cm³/mol. The second-order valence-electron chi connectivity index (χ2n) is 6.39. The normalized spacial score (nSPS) is 11.4. The minimum atomic E-state index is 0.284. The molecule has 0 spiro atoms. The van der Waals surface area contributed by atoms with Crippen molar-refractivity contribution in [1.29, 1.82) is 0 Å². The fourth-order valence-electron chi connectivity index (χ4n) is 2.30. The highest BCUT2D eigenvalue weighted by molar-refractivity contribution is 7.80. The summed E-state index contributed by atoms with van der Waals surface area (Å²) >= 11 is 5.12. The first-order chi connectivity index (χ1) is 9.35. The Labute approximate surface area is 129 Å². The lowest BCUT2D eigenvalue weighted by molar-refractivity contribution is 0.342. The number of unbranched alkanes of at least 4 members (excludes halogenated alkanes) is 2. The van der Waals surface area contributed by atoms with E-state index < -0.39 is 0 Å². The van der Waals surface area contributed by atoms with E-state index in [4.69, 9.17) is 18.0 Å². The maximum absolute atomic E-state index is 5.79. The highest BCUT2D eigenvalue weighted by Crippen LogP contribution is 2.26. The SMILES string of the molecule is CCCCCC(C)(C)CNc1cc(C)ccc1C(N)=S. The van der Waals surface area contributed by atoms with Crippen LogP contribution in [0.15, 0.2) is 18.2 Å². The lowest BCUT2D eigenvalue weighted by Crippen LogP contribution is -2.24. The summed E-state index contributed by atoms with van der Waals surface area (Å²) in [4.78, 5) is 0.455. The highest BCUT2D eigenvalue weighted by Gasteiger charge is 2.17. The third-order valence-electron chi connectivity index (χ3n) is 3.66. The summed E-state index contributed by atoms with van der Waals surface area (Å²) in [7, 11) is 0. The van der Waals surface area contributed by atoms with Crippen molar-refractivity contribution < 1.29 is 0 Å². The molecule has 3 N–H and O–H groups in total. The Morgan fingerprint density at radius 1 is 1.30 bits per heavy atom. The van der Waals surface area contributed by atoms with Crippen molar-refractivity contribution >= 4 is 22.9 Å². The van der Waals surface area contributed by atoms with E-state index in [-0.39, 0.29) is 5.41 Å². The first-order valence-corrected chi connectivity index (χ1v) is 7.91. The second kappa shape index (κ2) is 7.63. The molecule has 0 fully saturated rings. The molecule has 1 aromatic carbocycles. The van der Waals surface area contributed by atoms with Crippen LogP contribution in [-0.4, -0.2) is 11.5 Å². The quantitative estimate of drug-likeness (QED) is 0.541. The smallest absolute Gasteiger partial charge is 0.106 e. The molecule has 0 amide bonds. The van der Waals surface area contributed by atoms with Gasteiger partial charge in [0.1, 0.15) is 4.99 Å². The average molecular weight is 292 g/mol. The molecule has 112 valence electrons. The summed E-state index contributed by atoms with van der Waals surface area (Å²) in [5, 5.41) is 3.54. The van der Waals surface area contributed by atoms with Crippen molar-refractivity contribution in [1.82, 2.24) is 0 Å². The minimum absolute atomic E-state index is 0.284. The van der Waals surface area contributed by atoms with Crippen LogP contribution < -0.4 is 11.1 Å². The number of anilines is 1. The summed E-state index contributed by atoms with van der Waals surface area (Å²) in [5.74, 6) is 0. The van der Waals surface area contributed by atoms with E-state index >= 15 is 0 Å². The van der Waals surface area contributed by atoms with Crippen LogP contribution in [0.1, 0.15) is 57.6 Å². The van der Waals surface area contributed by atoms with Crippen LogP contribution in [0.3, 0.4) is 0 Å². The van der Waals surface area contributed by atoms with Crippen molar-refractivity contribution in [2.45, 2.75) is 53.4 Å². The fraction of sp³-hybridized carbons (Fsp3) is 0.588. The van der Waals surface area contributed by atoms with Gasteiger partial charge in [-0.25, -0.2) is 0 Å². The Morgan fingerprint density at radius 3 is 2.60 bits per heavy atom. The summed E-state index contributed by atoms with van der Waals surface area (Å²) in [6, 6.07) is 6.17. The van der Waals surface area contributed by atoms with Crippen molar-refractivity contribution in [3.8, 4) is 0 Å². The molecule has 0 atom stereocenters. The van der Waals surface area contributed by atoms with E-state index in [0.29, 0.717) is 4.99 Å². The molecule has 1 rings (SSSR count). The number of hydrogen-bond acceptors (Lipinski definition) is 2. The van der Waals surface area contributed by atoms with E-state index in [1.165, 1.54) is 31.2 Å². The van der Waals surface area contributed by atoms with Gasteiger partial charge in [-0.2, -0.15) is 0 Å². The molecule has 0 aliphatic heterocycles. The number of aryl methyl sites for hydroxylation is 1. The number of benzene rings is 1. The average Bonchev–Trinajstić information content (AvgIpc) is 2.36. The molecule has 0 aromatic heterocycles. The van der Waals surface area contributed by atoms with Crippen molar-refractivity contribution in [2.75, 3.05) is 11.9 Å². The molecule has 0 aliphatic rings. The van der Waals surface area contributed by atoms with Gasteiger partial charge in [-0.1, -0.05) is 58.3 Å². The van der Waals surface area contributed by atoms with Crippen LogP contribution in [0.4, 0.5) is 5.69 Å². The largest absolute Gasteiger partial charge is 0.389 e. The summed E-state index contributed by atoms with van der Waals surface area (Å²) in [5.41, 5.74) is 9.29. The van der Waals surface area contributed by atoms with Gasteiger partial charge in [-0.15, -0.1) is 0 Å². The van der Waals surface area contributed by atoms with Gasteiger partial charge in [-0.05, 0) is 36.5 Å². The number of nitrogens with two attached hydrogens (primary N) is 1. The molecule has 20 heavy (non-hydrogen) atoms. The van der Waals surface area contributed by atoms with Crippen LogP contribution >= 0.6 is 12.2 Å². The van der Waals surface area contributed by atoms with Crippen molar-refractivity contribution in [2.24, 2.45) is 11.1 Å². The first kappa shape index (κ1) is 17.0.